The lowest BCUT2D eigenvalue weighted by atomic mass is 10.1. The van der Waals surface area contributed by atoms with Gasteiger partial charge in [-0.15, -0.1) is 24.0 Å². The van der Waals surface area contributed by atoms with E-state index in [0.29, 0.717) is 13.1 Å². The molecule has 146 valence electrons. The molecule has 2 saturated heterocycles. The van der Waals surface area contributed by atoms with Gasteiger partial charge in [0.2, 0.25) is 0 Å². The number of halogens is 1. The largest absolute Gasteiger partial charge is 0.391 e. The first-order valence-electron chi connectivity index (χ1n) is 9.34. The van der Waals surface area contributed by atoms with Gasteiger partial charge >= 0.3 is 0 Å². The third-order valence-corrected chi connectivity index (χ3v) is 4.74. The molecule has 0 unspecified atom stereocenters. The molecule has 0 amide bonds. The van der Waals surface area contributed by atoms with Crippen molar-refractivity contribution in [3.05, 3.63) is 35.4 Å². The van der Waals surface area contributed by atoms with Gasteiger partial charge in [-0.3, -0.25) is 4.90 Å². The molecule has 2 fully saturated rings. The SMILES string of the molecule is CCNC(=NCc1ccc(CN2CCOCC2)cc1)N1CC[C@@H](O)C1.I. The minimum Gasteiger partial charge on any atom is -0.391 e. The number of aliphatic hydroxyl groups is 1. The summed E-state index contributed by atoms with van der Waals surface area (Å²) in [5.74, 6) is 0.899. The van der Waals surface area contributed by atoms with Crippen LogP contribution in [0.1, 0.15) is 24.5 Å². The summed E-state index contributed by atoms with van der Waals surface area (Å²) in [7, 11) is 0. The zero-order valence-corrected chi connectivity index (χ0v) is 17.9. The second-order valence-electron chi connectivity index (χ2n) is 6.76. The Balaban J connectivity index is 0.00000243. The van der Waals surface area contributed by atoms with E-state index in [1.807, 2.05) is 0 Å². The Kier molecular flexibility index (Phi) is 9.10. The van der Waals surface area contributed by atoms with Crippen LogP contribution in [0.2, 0.25) is 0 Å². The van der Waals surface area contributed by atoms with Crippen LogP contribution in [0.5, 0.6) is 0 Å². The van der Waals surface area contributed by atoms with Gasteiger partial charge in [0.1, 0.15) is 0 Å². The molecule has 1 aromatic rings. The highest BCUT2D eigenvalue weighted by molar-refractivity contribution is 14.0. The molecular formula is C19H31IN4O2. The molecular weight excluding hydrogens is 443 g/mol. The van der Waals surface area contributed by atoms with Crippen molar-refractivity contribution in [2.24, 2.45) is 4.99 Å². The number of likely N-dealkylation sites (tertiary alicyclic amines) is 1. The van der Waals surface area contributed by atoms with Crippen LogP contribution in [0.15, 0.2) is 29.3 Å². The molecule has 1 aromatic carbocycles. The number of morpholine rings is 1. The Hall–Kier alpha value is -0.900. The molecule has 7 heteroatoms. The summed E-state index contributed by atoms with van der Waals surface area (Å²) in [4.78, 5) is 9.31. The first kappa shape index (κ1) is 21.4. The molecule has 2 aliphatic rings. The third kappa shape index (κ3) is 6.37. The minimum atomic E-state index is -0.233. The number of benzene rings is 1. The first-order chi connectivity index (χ1) is 12.2. The van der Waals surface area contributed by atoms with Crippen LogP contribution in [0, 0.1) is 0 Å². The molecule has 2 aliphatic heterocycles. The summed E-state index contributed by atoms with van der Waals surface area (Å²) in [5, 5.41) is 13.1. The van der Waals surface area contributed by atoms with Gasteiger partial charge in [0, 0.05) is 39.3 Å². The van der Waals surface area contributed by atoms with E-state index >= 15 is 0 Å². The van der Waals surface area contributed by atoms with E-state index in [9.17, 15) is 5.11 Å². The molecule has 2 N–H and O–H groups in total. The highest BCUT2D eigenvalue weighted by atomic mass is 127. The Morgan fingerprint density at radius 3 is 2.50 bits per heavy atom. The van der Waals surface area contributed by atoms with Crippen LogP contribution in [0.25, 0.3) is 0 Å². The lowest BCUT2D eigenvalue weighted by Gasteiger charge is -2.26. The smallest absolute Gasteiger partial charge is 0.194 e. The second kappa shape index (κ2) is 11.1. The Labute approximate surface area is 173 Å². The second-order valence-corrected chi connectivity index (χ2v) is 6.76. The number of guanidine groups is 1. The van der Waals surface area contributed by atoms with Crippen molar-refractivity contribution in [1.82, 2.24) is 15.1 Å². The summed E-state index contributed by atoms with van der Waals surface area (Å²) >= 11 is 0. The van der Waals surface area contributed by atoms with Crippen LogP contribution < -0.4 is 5.32 Å². The van der Waals surface area contributed by atoms with Gasteiger partial charge in [0.05, 0.1) is 25.9 Å². The van der Waals surface area contributed by atoms with Crippen molar-refractivity contribution in [2.75, 3.05) is 45.9 Å². The third-order valence-electron chi connectivity index (χ3n) is 4.74. The summed E-state index contributed by atoms with van der Waals surface area (Å²) in [5.41, 5.74) is 2.55. The Morgan fingerprint density at radius 1 is 1.19 bits per heavy atom. The molecule has 0 aliphatic carbocycles. The number of ether oxygens (including phenoxy) is 1. The topological polar surface area (TPSA) is 60.3 Å². The van der Waals surface area contributed by atoms with Gasteiger partial charge in [-0.2, -0.15) is 0 Å². The van der Waals surface area contributed by atoms with Crippen molar-refractivity contribution in [3.8, 4) is 0 Å². The average molecular weight is 474 g/mol. The van der Waals surface area contributed by atoms with E-state index in [4.69, 9.17) is 9.73 Å². The molecule has 0 aromatic heterocycles. The first-order valence-corrected chi connectivity index (χ1v) is 9.34. The van der Waals surface area contributed by atoms with E-state index in [-0.39, 0.29) is 30.1 Å². The fourth-order valence-electron chi connectivity index (χ4n) is 3.29. The fourth-order valence-corrected chi connectivity index (χ4v) is 3.29. The molecule has 6 nitrogen and oxygen atoms in total. The number of β-amino-alcohol motifs (C(OH)–C–C–N with tert-alkyl or cyclic N) is 1. The van der Waals surface area contributed by atoms with Crippen LogP contribution in [-0.4, -0.2) is 72.9 Å². The van der Waals surface area contributed by atoms with Gasteiger partial charge in [0.25, 0.3) is 0 Å². The minimum absolute atomic E-state index is 0. The maximum absolute atomic E-state index is 9.73. The summed E-state index contributed by atoms with van der Waals surface area (Å²) < 4.78 is 5.40. The number of hydrogen-bond donors (Lipinski definition) is 2. The van der Waals surface area contributed by atoms with E-state index in [2.05, 4.69) is 46.3 Å². The van der Waals surface area contributed by atoms with Crippen molar-refractivity contribution in [2.45, 2.75) is 32.5 Å². The van der Waals surface area contributed by atoms with Crippen LogP contribution in [-0.2, 0) is 17.8 Å². The van der Waals surface area contributed by atoms with Crippen molar-refractivity contribution < 1.29 is 9.84 Å². The summed E-state index contributed by atoms with van der Waals surface area (Å²) in [6.45, 7) is 9.80. The highest BCUT2D eigenvalue weighted by Crippen LogP contribution is 2.12. The normalized spacial score (nSPS) is 21.5. The molecule has 2 heterocycles. The molecule has 3 rings (SSSR count). The van der Waals surface area contributed by atoms with Crippen molar-refractivity contribution in [1.29, 1.82) is 0 Å². The Bertz CT molecular complexity index is 561. The lowest BCUT2D eigenvalue weighted by molar-refractivity contribution is 0.0342. The average Bonchev–Trinajstić information content (AvgIpc) is 3.07. The van der Waals surface area contributed by atoms with Crippen molar-refractivity contribution >= 4 is 29.9 Å². The number of hydrogen-bond acceptors (Lipinski definition) is 4. The molecule has 1 atom stereocenters. The Morgan fingerprint density at radius 2 is 1.88 bits per heavy atom. The number of nitrogens with zero attached hydrogens (tertiary/aromatic N) is 3. The number of aliphatic imine (C=N–C) groups is 1. The standard InChI is InChI=1S/C19H30N4O2.HI/c1-2-20-19(23-8-7-18(24)15-23)21-13-16-3-5-17(6-4-16)14-22-9-11-25-12-10-22;/h3-6,18,24H,2,7-15H2,1H3,(H,20,21);1H/t18-;/m1./s1. The molecule has 0 saturated carbocycles. The van der Waals surface area contributed by atoms with Gasteiger partial charge in [0.15, 0.2) is 5.96 Å². The van der Waals surface area contributed by atoms with Gasteiger partial charge in [-0.25, -0.2) is 4.99 Å². The molecule has 0 radical (unpaired) electrons. The van der Waals surface area contributed by atoms with Gasteiger partial charge < -0.3 is 20.1 Å². The molecule has 0 bridgehead atoms. The highest BCUT2D eigenvalue weighted by Gasteiger charge is 2.22. The number of nitrogens with one attached hydrogen (secondary N) is 1. The zero-order valence-electron chi connectivity index (χ0n) is 15.6. The van der Waals surface area contributed by atoms with Gasteiger partial charge in [-0.1, -0.05) is 24.3 Å². The number of rotatable bonds is 5. The van der Waals surface area contributed by atoms with E-state index in [1.165, 1.54) is 11.1 Å². The van der Waals surface area contributed by atoms with E-state index in [1.54, 1.807) is 0 Å². The van der Waals surface area contributed by atoms with Crippen molar-refractivity contribution in [3.63, 3.8) is 0 Å². The summed E-state index contributed by atoms with van der Waals surface area (Å²) in [6, 6.07) is 8.74. The maximum Gasteiger partial charge on any atom is 0.194 e. The van der Waals surface area contributed by atoms with Crippen LogP contribution in [0.4, 0.5) is 0 Å². The lowest BCUT2D eigenvalue weighted by Crippen LogP contribution is -2.40. The monoisotopic (exact) mass is 474 g/mol. The van der Waals surface area contributed by atoms with Gasteiger partial charge in [-0.05, 0) is 24.5 Å². The zero-order chi connectivity index (χ0) is 17.5. The van der Waals surface area contributed by atoms with Crippen LogP contribution in [0.3, 0.4) is 0 Å². The maximum atomic E-state index is 9.73. The molecule has 0 spiro atoms. The van der Waals surface area contributed by atoms with E-state index in [0.717, 1.165) is 58.3 Å². The fraction of sp³-hybridized carbons (Fsp3) is 0.632. The quantitative estimate of drug-likeness (QED) is 0.387. The number of aliphatic hydroxyl groups excluding tert-OH is 1. The summed E-state index contributed by atoms with van der Waals surface area (Å²) in [6.07, 6.45) is 0.587. The van der Waals surface area contributed by atoms with Crippen LogP contribution >= 0.6 is 24.0 Å². The predicted molar refractivity (Wildman–Crippen MR) is 115 cm³/mol. The predicted octanol–water partition coefficient (Wildman–Crippen LogP) is 1.67. The molecule has 26 heavy (non-hydrogen) atoms. The van der Waals surface area contributed by atoms with E-state index < -0.39 is 0 Å².